The summed E-state index contributed by atoms with van der Waals surface area (Å²) in [4.78, 5) is 0.967. The minimum Gasteiger partial charge on any atom is -0.192 e. The van der Waals surface area contributed by atoms with Gasteiger partial charge in [-0.15, -0.1) is 0 Å². The summed E-state index contributed by atoms with van der Waals surface area (Å²) in [7, 11) is 0.193. The maximum absolute atomic E-state index is 8.74. The highest BCUT2D eigenvalue weighted by atomic mass is 32.2. The van der Waals surface area contributed by atoms with Crippen LogP contribution in [0.3, 0.4) is 0 Å². The Hall–Kier alpha value is -0.550. The largest absolute Gasteiger partial charge is 0.192 e. The molecule has 0 aliphatic carbocycles. The van der Waals surface area contributed by atoms with E-state index >= 15 is 0 Å². The van der Waals surface area contributed by atoms with Crippen molar-refractivity contribution in [1.29, 1.82) is 5.26 Å². The van der Waals surface area contributed by atoms with Gasteiger partial charge in [0.25, 0.3) is 0 Å². The summed E-state index contributed by atoms with van der Waals surface area (Å²) in [5.41, 5.74) is 0. The van der Waals surface area contributed by atoms with Gasteiger partial charge in [0.05, 0.1) is 4.86 Å². The summed E-state index contributed by atoms with van der Waals surface area (Å²) in [6, 6.07) is 2.26. The minimum absolute atomic E-state index is 0.193. The Labute approximate surface area is 70.7 Å². The van der Waals surface area contributed by atoms with Gasteiger partial charge in [-0.1, -0.05) is 13.0 Å². The van der Waals surface area contributed by atoms with Crippen molar-refractivity contribution < 1.29 is 0 Å². The van der Waals surface area contributed by atoms with Gasteiger partial charge >= 0.3 is 0 Å². The molecule has 0 aromatic heterocycles. The van der Waals surface area contributed by atoms with E-state index in [4.69, 9.17) is 5.26 Å². The Morgan fingerprint density at radius 1 is 1.73 bits per heavy atom. The Balaban J connectivity index is 2.88. The fraction of sp³-hybridized carbons (Fsp3) is 0.556. The van der Waals surface area contributed by atoms with Crippen LogP contribution in [0.4, 0.5) is 0 Å². The first-order chi connectivity index (χ1) is 5.24. The lowest BCUT2D eigenvalue weighted by Gasteiger charge is -2.07. The van der Waals surface area contributed by atoms with E-state index in [0.29, 0.717) is 0 Å². The van der Waals surface area contributed by atoms with Gasteiger partial charge in [-0.2, -0.15) is 15.7 Å². The van der Waals surface area contributed by atoms with Gasteiger partial charge in [0.2, 0.25) is 0 Å². The molecule has 11 heavy (non-hydrogen) atoms. The second kappa shape index (κ2) is 3.73. The molecule has 60 valence electrons. The summed E-state index contributed by atoms with van der Waals surface area (Å²) < 4.78 is 0. The second-order valence-electron chi connectivity index (χ2n) is 3.02. The SMILES string of the molecule is CC1CC=CC(C#N)=S(C)C1. The zero-order valence-corrected chi connectivity index (χ0v) is 7.82. The molecule has 2 unspecified atom stereocenters. The summed E-state index contributed by atoms with van der Waals surface area (Å²) in [5.74, 6) is 1.92. The predicted octanol–water partition coefficient (Wildman–Crippen LogP) is 2.18. The van der Waals surface area contributed by atoms with Crippen LogP contribution in [0.15, 0.2) is 12.2 Å². The molecule has 1 aliphatic rings. The molecule has 0 bridgehead atoms. The topological polar surface area (TPSA) is 23.8 Å². The number of nitriles is 1. The molecule has 0 amide bonds. The molecule has 0 aromatic rings. The highest BCUT2D eigenvalue weighted by molar-refractivity contribution is 8.15. The molecule has 1 aliphatic heterocycles. The fourth-order valence-electron chi connectivity index (χ4n) is 1.22. The van der Waals surface area contributed by atoms with E-state index in [1.807, 2.05) is 6.08 Å². The van der Waals surface area contributed by atoms with Gasteiger partial charge in [-0.3, -0.25) is 0 Å². The molecule has 0 saturated carbocycles. The molecule has 2 heteroatoms. The highest BCUT2D eigenvalue weighted by Crippen LogP contribution is 2.21. The molecule has 0 spiro atoms. The first-order valence-corrected chi connectivity index (χ1v) is 5.60. The van der Waals surface area contributed by atoms with Crippen LogP contribution in [0, 0.1) is 17.2 Å². The Morgan fingerprint density at radius 3 is 3.09 bits per heavy atom. The Morgan fingerprint density at radius 2 is 2.45 bits per heavy atom. The number of hydrogen-bond acceptors (Lipinski definition) is 1. The van der Waals surface area contributed by atoms with Crippen molar-refractivity contribution in [2.24, 2.45) is 5.92 Å². The first kappa shape index (κ1) is 8.55. The second-order valence-corrected chi connectivity index (χ2v) is 5.07. The third kappa shape index (κ3) is 2.20. The first-order valence-electron chi connectivity index (χ1n) is 3.80. The van der Waals surface area contributed by atoms with Crippen LogP contribution in [0.2, 0.25) is 0 Å². The van der Waals surface area contributed by atoms with E-state index in [-0.39, 0.29) is 10.5 Å². The normalized spacial score (nSPS) is 31.2. The molecule has 0 radical (unpaired) electrons. The van der Waals surface area contributed by atoms with Crippen molar-refractivity contribution in [3.63, 3.8) is 0 Å². The standard InChI is InChI=1S/C9H13NS/c1-8-4-3-5-9(6-10)11(2)7-8/h3,5,8H,4,7H2,1-2H3. The van der Waals surface area contributed by atoms with Crippen molar-refractivity contribution in [2.75, 3.05) is 12.0 Å². The lowest BCUT2D eigenvalue weighted by Crippen LogP contribution is -1.97. The molecule has 0 aromatic carbocycles. The average Bonchev–Trinajstić information content (AvgIpc) is 2.11. The van der Waals surface area contributed by atoms with E-state index < -0.39 is 0 Å². The van der Waals surface area contributed by atoms with Gasteiger partial charge in [0.1, 0.15) is 6.07 Å². The molecule has 0 N–H and O–H groups in total. The summed E-state index contributed by atoms with van der Waals surface area (Å²) >= 11 is 0. The molecule has 0 fully saturated rings. The van der Waals surface area contributed by atoms with Gasteiger partial charge in [-0.25, -0.2) is 0 Å². The summed E-state index contributed by atoms with van der Waals surface area (Å²) in [6.07, 6.45) is 7.40. The molecular formula is C9H13NS. The number of nitrogens with zero attached hydrogens (tertiary/aromatic N) is 1. The van der Waals surface area contributed by atoms with Gasteiger partial charge in [0.15, 0.2) is 0 Å². The van der Waals surface area contributed by atoms with E-state index in [0.717, 1.165) is 17.2 Å². The molecule has 2 atom stereocenters. The third-order valence-electron chi connectivity index (χ3n) is 1.83. The lowest BCUT2D eigenvalue weighted by atomic mass is 10.1. The molecule has 1 rings (SSSR count). The van der Waals surface area contributed by atoms with E-state index in [9.17, 15) is 0 Å². The van der Waals surface area contributed by atoms with Crippen LogP contribution >= 0.6 is 10.5 Å². The number of allylic oxidation sites excluding steroid dienone is 2. The lowest BCUT2D eigenvalue weighted by molar-refractivity contribution is 0.677. The molecular weight excluding hydrogens is 154 g/mol. The van der Waals surface area contributed by atoms with Crippen LogP contribution < -0.4 is 0 Å². The minimum atomic E-state index is 0.193. The van der Waals surface area contributed by atoms with Crippen molar-refractivity contribution in [2.45, 2.75) is 13.3 Å². The Bertz CT molecular complexity index is 245. The van der Waals surface area contributed by atoms with Crippen LogP contribution in [-0.2, 0) is 0 Å². The van der Waals surface area contributed by atoms with Gasteiger partial charge in [-0.05, 0) is 30.4 Å². The maximum Gasteiger partial charge on any atom is 0.105 e. The van der Waals surface area contributed by atoms with Crippen molar-refractivity contribution in [3.05, 3.63) is 12.2 Å². The van der Waals surface area contributed by atoms with Crippen LogP contribution in [0.25, 0.3) is 0 Å². The molecule has 0 saturated heterocycles. The van der Waals surface area contributed by atoms with Gasteiger partial charge in [0, 0.05) is 0 Å². The fourth-order valence-corrected chi connectivity index (χ4v) is 2.88. The van der Waals surface area contributed by atoms with Gasteiger partial charge < -0.3 is 0 Å². The van der Waals surface area contributed by atoms with Crippen molar-refractivity contribution >= 4 is 15.3 Å². The number of rotatable bonds is 0. The zero-order chi connectivity index (χ0) is 8.27. The van der Waals surface area contributed by atoms with Crippen LogP contribution in [0.1, 0.15) is 13.3 Å². The predicted molar refractivity (Wildman–Crippen MR) is 51.9 cm³/mol. The number of hydrogen-bond donors (Lipinski definition) is 0. The van der Waals surface area contributed by atoms with E-state index in [1.54, 1.807) is 0 Å². The highest BCUT2D eigenvalue weighted by Gasteiger charge is 2.06. The zero-order valence-electron chi connectivity index (χ0n) is 7.00. The van der Waals surface area contributed by atoms with E-state index in [1.165, 1.54) is 5.75 Å². The third-order valence-corrected chi connectivity index (χ3v) is 3.88. The molecule has 1 heterocycles. The van der Waals surface area contributed by atoms with Crippen molar-refractivity contribution in [3.8, 4) is 6.07 Å². The molecule has 1 nitrogen and oxygen atoms in total. The summed E-state index contributed by atoms with van der Waals surface area (Å²) in [5, 5.41) is 8.74. The summed E-state index contributed by atoms with van der Waals surface area (Å²) in [6.45, 7) is 2.24. The average molecular weight is 167 g/mol. The smallest absolute Gasteiger partial charge is 0.105 e. The van der Waals surface area contributed by atoms with E-state index in [2.05, 4.69) is 25.3 Å². The maximum atomic E-state index is 8.74. The van der Waals surface area contributed by atoms with Crippen LogP contribution in [-0.4, -0.2) is 16.9 Å². The van der Waals surface area contributed by atoms with Crippen molar-refractivity contribution in [1.82, 2.24) is 0 Å². The Kier molecular flexibility index (Phi) is 2.90. The monoisotopic (exact) mass is 167 g/mol. The quantitative estimate of drug-likeness (QED) is 0.507. The van der Waals surface area contributed by atoms with Crippen LogP contribution in [0.5, 0.6) is 0 Å².